The number of halogens is 1. The van der Waals surface area contributed by atoms with E-state index in [9.17, 15) is 9.18 Å². The van der Waals surface area contributed by atoms with E-state index in [1.54, 1.807) is 6.20 Å². The lowest BCUT2D eigenvalue weighted by Crippen LogP contribution is -2.34. The van der Waals surface area contributed by atoms with E-state index in [-0.39, 0.29) is 23.8 Å². The molecule has 1 aromatic heterocycles. The van der Waals surface area contributed by atoms with Crippen LogP contribution in [0.15, 0.2) is 18.5 Å². The van der Waals surface area contributed by atoms with Crippen molar-refractivity contribution in [1.82, 2.24) is 9.88 Å². The molecule has 1 aliphatic rings. The standard InChI is InChI=1S/C12H15FN2O/c1-8(2)15-11(3-4-12(15)16)9-5-10(13)7-14-6-9/h5-8,11H,3-4H2,1-2H3. The molecule has 2 rings (SSSR count). The number of nitrogens with zero attached hydrogens (tertiary/aromatic N) is 2. The van der Waals surface area contributed by atoms with Crippen molar-refractivity contribution < 1.29 is 9.18 Å². The van der Waals surface area contributed by atoms with E-state index in [0.717, 1.165) is 12.0 Å². The predicted molar refractivity (Wildman–Crippen MR) is 58.2 cm³/mol. The van der Waals surface area contributed by atoms with Crippen LogP contribution in [0.3, 0.4) is 0 Å². The maximum Gasteiger partial charge on any atom is 0.223 e. The van der Waals surface area contributed by atoms with Gasteiger partial charge in [0.15, 0.2) is 0 Å². The van der Waals surface area contributed by atoms with Crippen LogP contribution >= 0.6 is 0 Å². The number of amides is 1. The van der Waals surface area contributed by atoms with Crippen LogP contribution in [-0.4, -0.2) is 21.8 Å². The van der Waals surface area contributed by atoms with E-state index in [4.69, 9.17) is 0 Å². The number of carbonyl (C=O) groups excluding carboxylic acids is 1. The lowest BCUT2D eigenvalue weighted by molar-refractivity contribution is -0.130. The van der Waals surface area contributed by atoms with Crippen LogP contribution < -0.4 is 0 Å². The highest BCUT2D eigenvalue weighted by molar-refractivity contribution is 5.79. The summed E-state index contributed by atoms with van der Waals surface area (Å²) in [5.74, 6) is -0.204. The number of pyridine rings is 1. The minimum atomic E-state index is -0.347. The van der Waals surface area contributed by atoms with Gasteiger partial charge in [0.2, 0.25) is 5.91 Å². The molecule has 0 spiro atoms. The Kier molecular flexibility index (Phi) is 2.90. The minimum Gasteiger partial charge on any atom is -0.333 e. The molecule has 0 N–H and O–H groups in total. The summed E-state index contributed by atoms with van der Waals surface area (Å²) in [5.41, 5.74) is 0.791. The zero-order chi connectivity index (χ0) is 11.7. The highest BCUT2D eigenvalue weighted by Gasteiger charge is 2.33. The maximum atomic E-state index is 13.1. The van der Waals surface area contributed by atoms with Crippen molar-refractivity contribution in [2.45, 2.75) is 38.8 Å². The van der Waals surface area contributed by atoms with E-state index in [1.165, 1.54) is 12.3 Å². The van der Waals surface area contributed by atoms with Crippen LogP contribution in [-0.2, 0) is 4.79 Å². The monoisotopic (exact) mass is 222 g/mol. The van der Waals surface area contributed by atoms with Crippen molar-refractivity contribution in [3.8, 4) is 0 Å². The number of hydrogen-bond acceptors (Lipinski definition) is 2. The summed E-state index contributed by atoms with van der Waals surface area (Å²) in [6, 6.07) is 1.59. The van der Waals surface area contributed by atoms with Crippen molar-refractivity contribution in [2.24, 2.45) is 0 Å². The zero-order valence-electron chi connectivity index (χ0n) is 9.48. The molecule has 0 saturated carbocycles. The summed E-state index contributed by atoms with van der Waals surface area (Å²) < 4.78 is 13.1. The largest absolute Gasteiger partial charge is 0.333 e. The summed E-state index contributed by atoms with van der Waals surface area (Å²) in [4.78, 5) is 17.3. The molecule has 1 saturated heterocycles. The fourth-order valence-electron chi connectivity index (χ4n) is 2.29. The Bertz CT molecular complexity index is 406. The molecule has 1 atom stereocenters. The second-order valence-corrected chi connectivity index (χ2v) is 4.39. The van der Waals surface area contributed by atoms with Crippen LogP contribution in [0.2, 0.25) is 0 Å². The third-order valence-corrected chi connectivity index (χ3v) is 2.92. The molecule has 0 bridgehead atoms. The average Bonchev–Trinajstić information content (AvgIpc) is 2.60. The third-order valence-electron chi connectivity index (χ3n) is 2.92. The van der Waals surface area contributed by atoms with Gasteiger partial charge in [0.25, 0.3) is 0 Å². The smallest absolute Gasteiger partial charge is 0.223 e. The van der Waals surface area contributed by atoms with E-state index in [1.807, 2.05) is 18.7 Å². The van der Waals surface area contributed by atoms with Crippen molar-refractivity contribution in [3.05, 3.63) is 29.8 Å². The Labute approximate surface area is 94.3 Å². The molecule has 1 aromatic rings. The summed E-state index contributed by atoms with van der Waals surface area (Å²) >= 11 is 0. The minimum absolute atomic E-state index is 0.0179. The first-order valence-corrected chi connectivity index (χ1v) is 5.51. The first-order chi connectivity index (χ1) is 7.59. The molecule has 4 heteroatoms. The van der Waals surface area contributed by atoms with Gasteiger partial charge in [0.1, 0.15) is 5.82 Å². The zero-order valence-corrected chi connectivity index (χ0v) is 9.48. The molecule has 16 heavy (non-hydrogen) atoms. The van der Waals surface area contributed by atoms with Gasteiger partial charge in [-0.25, -0.2) is 4.39 Å². The van der Waals surface area contributed by atoms with E-state index >= 15 is 0 Å². The molecule has 0 aliphatic carbocycles. The van der Waals surface area contributed by atoms with Crippen LogP contribution in [0.1, 0.15) is 38.3 Å². The first kappa shape index (κ1) is 11.0. The lowest BCUT2D eigenvalue weighted by Gasteiger charge is -2.28. The number of hydrogen-bond donors (Lipinski definition) is 0. The molecular formula is C12H15FN2O. The number of aromatic nitrogens is 1. The molecule has 1 fully saturated rings. The second kappa shape index (κ2) is 4.20. The molecule has 0 aromatic carbocycles. The molecule has 1 aliphatic heterocycles. The van der Waals surface area contributed by atoms with Gasteiger partial charge in [-0.05, 0) is 31.9 Å². The highest BCUT2D eigenvalue weighted by atomic mass is 19.1. The quantitative estimate of drug-likeness (QED) is 0.769. The van der Waals surface area contributed by atoms with Gasteiger partial charge in [0.05, 0.1) is 12.2 Å². The fourth-order valence-corrected chi connectivity index (χ4v) is 2.29. The van der Waals surface area contributed by atoms with Gasteiger partial charge in [-0.15, -0.1) is 0 Å². The second-order valence-electron chi connectivity index (χ2n) is 4.39. The lowest BCUT2D eigenvalue weighted by atomic mass is 10.1. The Balaban J connectivity index is 2.30. The van der Waals surface area contributed by atoms with E-state index < -0.39 is 0 Å². The van der Waals surface area contributed by atoms with Crippen LogP contribution in [0.25, 0.3) is 0 Å². The van der Waals surface area contributed by atoms with Crippen molar-refractivity contribution in [1.29, 1.82) is 0 Å². The van der Waals surface area contributed by atoms with E-state index in [2.05, 4.69) is 4.98 Å². The van der Waals surface area contributed by atoms with Crippen molar-refractivity contribution >= 4 is 5.91 Å². The normalized spacial score (nSPS) is 20.9. The number of rotatable bonds is 2. The highest BCUT2D eigenvalue weighted by Crippen LogP contribution is 2.34. The van der Waals surface area contributed by atoms with Gasteiger partial charge in [0, 0.05) is 18.7 Å². The summed E-state index contributed by atoms with van der Waals surface area (Å²) in [6.45, 7) is 3.95. The third kappa shape index (κ3) is 1.92. The average molecular weight is 222 g/mol. The Morgan fingerprint density at radius 2 is 2.25 bits per heavy atom. The molecule has 2 heterocycles. The van der Waals surface area contributed by atoms with Gasteiger partial charge in [-0.3, -0.25) is 9.78 Å². The van der Waals surface area contributed by atoms with E-state index in [0.29, 0.717) is 6.42 Å². The predicted octanol–water partition coefficient (Wildman–Crippen LogP) is 2.29. The molecular weight excluding hydrogens is 207 g/mol. The van der Waals surface area contributed by atoms with Gasteiger partial charge in [-0.2, -0.15) is 0 Å². The fraction of sp³-hybridized carbons (Fsp3) is 0.500. The molecule has 1 amide bonds. The Hall–Kier alpha value is -1.45. The van der Waals surface area contributed by atoms with Crippen LogP contribution in [0.4, 0.5) is 4.39 Å². The summed E-state index contributed by atoms with van der Waals surface area (Å²) in [6.07, 6.45) is 4.11. The first-order valence-electron chi connectivity index (χ1n) is 5.51. The number of likely N-dealkylation sites (tertiary alicyclic amines) is 1. The molecule has 0 radical (unpaired) electrons. The van der Waals surface area contributed by atoms with Crippen molar-refractivity contribution in [3.63, 3.8) is 0 Å². The number of carbonyl (C=O) groups is 1. The summed E-state index contributed by atoms with van der Waals surface area (Å²) in [5, 5.41) is 0. The molecule has 3 nitrogen and oxygen atoms in total. The molecule has 1 unspecified atom stereocenters. The summed E-state index contributed by atoms with van der Waals surface area (Å²) in [7, 11) is 0. The SMILES string of the molecule is CC(C)N1C(=O)CCC1c1cncc(F)c1. The molecule has 86 valence electrons. The van der Waals surface area contributed by atoms with Crippen LogP contribution in [0.5, 0.6) is 0 Å². The van der Waals surface area contributed by atoms with Gasteiger partial charge in [-0.1, -0.05) is 0 Å². The maximum absolute atomic E-state index is 13.1. The van der Waals surface area contributed by atoms with Gasteiger partial charge < -0.3 is 4.90 Å². The topological polar surface area (TPSA) is 33.2 Å². The van der Waals surface area contributed by atoms with Gasteiger partial charge >= 0.3 is 0 Å². The Morgan fingerprint density at radius 1 is 1.50 bits per heavy atom. The van der Waals surface area contributed by atoms with Crippen LogP contribution in [0, 0.1) is 5.82 Å². The van der Waals surface area contributed by atoms with Crippen molar-refractivity contribution in [2.75, 3.05) is 0 Å². The Morgan fingerprint density at radius 3 is 2.88 bits per heavy atom.